The summed E-state index contributed by atoms with van der Waals surface area (Å²) >= 11 is 0. The van der Waals surface area contributed by atoms with Gasteiger partial charge in [-0.15, -0.1) is 0 Å². The quantitative estimate of drug-likeness (QED) is 0.365. The lowest BCUT2D eigenvalue weighted by atomic mass is 9.94. The maximum atomic E-state index is 15.2. The third-order valence-electron chi connectivity index (χ3n) is 6.88. The second-order valence-corrected chi connectivity index (χ2v) is 9.28. The number of carbonyl (C=O) groups is 2. The molecule has 0 bridgehead atoms. The lowest BCUT2D eigenvalue weighted by Crippen LogP contribution is -2.48. The molecule has 2 heterocycles. The molecular weight excluding hydrogens is 455 g/mol. The van der Waals surface area contributed by atoms with Crippen molar-refractivity contribution in [2.45, 2.75) is 50.6 Å². The van der Waals surface area contributed by atoms with E-state index in [9.17, 15) is 9.59 Å². The summed E-state index contributed by atoms with van der Waals surface area (Å²) in [5.74, 6) is -1.25. The van der Waals surface area contributed by atoms with Gasteiger partial charge in [0.25, 0.3) is 0 Å². The van der Waals surface area contributed by atoms with E-state index in [1.165, 1.54) is 11.0 Å². The molecule has 0 unspecified atom stereocenters. The number of hydrogen-bond donors (Lipinski definition) is 2. The summed E-state index contributed by atoms with van der Waals surface area (Å²) in [6.07, 6.45) is 10.0. The number of nitrogens with one attached hydrogen (secondary N) is 2. The average Bonchev–Trinajstić information content (AvgIpc) is 3.31. The maximum Gasteiger partial charge on any atom is 0.248 e. The molecule has 0 spiro atoms. The molecule has 1 saturated carbocycles. The fourth-order valence-electron chi connectivity index (χ4n) is 5.08. The van der Waals surface area contributed by atoms with Gasteiger partial charge in [0.15, 0.2) is 0 Å². The molecule has 1 aliphatic rings. The number of H-pyrrole nitrogens is 1. The molecule has 7 heteroatoms. The Kier molecular flexibility index (Phi) is 7.07. The Balaban J connectivity index is 1.55. The number of carbonyl (C=O) groups excluding carboxylic acids is 2. The van der Waals surface area contributed by atoms with Crippen molar-refractivity contribution in [1.82, 2.24) is 15.3 Å². The third-order valence-corrected chi connectivity index (χ3v) is 6.88. The van der Waals surface area contributed by atoms with Crippen molar-refractivity contribution >= 4 is 28.4 Å². The van der Waals surface area contributed by atoms with Crippen molar-refractivity contribution < 1.29 is 14.0 Å². The highest BCUT2D eigenvalue weighted by Gasteiger charge is 2.35. The van der Waals surface area contributed by atoms with Gasteiger partial charge < -0.3 is 10.3 Å². The first-order chi connectivity index (χ1) is 17.6. The van der Waals surface area contributed by atoms with Gasteiger partial charge in [0.05, 0.1) is 12.1 Å². The van der Waals surface area contributed by atoms with Crippen LogP contribution in [-0.2, 0) is 16.0 Å². The smallest absolute Gasteiger partial charge is 0.248 e. The molecule has 1 atom stereocenters. The van der Waals surface area contributed by atoms with Gasteiger partial charge in [0.1, 0.15) is 11.9 Å². The summed E-state index contributed by atoms with van der Waals surface area (Å²) in [5.41, 5.74) is 2.35. The van der Waals surface area contributed by atoms with Crippen LogP contribution < -0.4 is 10.2 Å². The molecule has 2 aromatic heterocycles. The van der Waals surface area contributed by atoms with Crippen LogP contribution in [0, 0.1) is 5.82 Å². The molecule has 36 heavy (non-hydrogen) atoms. The second-order valence-electron chi connectivity index (χ2n) is 9.28. The van der Waals surface area contributed by atoms with Crippen LogP contribution in [0.5, 0.6) is 0 Å². The van der Waals surface area contributed by atoms with Crippen molar-refractivity contribution in [1.29, 1.82) is 0 Å². The number of nitrogens with zero attached hydrogens (tertiary/aromatic N) is 2. The van der Waals surface area contributed by atoms with Gasteiger partial charge in [0, 0.05) is 35.5 Å². The highest BCUT2D eigenvalue weighted by atomic mass is 19.1. The zero-order valence-corrected chi connectivity index (χ0v) is 20.0. The standard InChI is InChI=1S/C29H29FN4O2/c30-24-11-5-7-13-26(24)34(27(35)18-21-19-32-25-12-6-4-10-23(21)25)28(20-14-16-31-17-15-20)29(36)33-22-8-2-1-3-9-22/h4-7,10-17,19,22,28,32H,1-3,8-9,18H2,(H,33,36)/t28-/m0/s1. The van der Waals surface area contributed by atoms with E-state index in [4.69, 9.17) is 0 Å². The predicted molar refractivity (Wildman–Crippen MR) is 138 cm³/mol. The molecule has 0 radical (unpaired) electrons. The summed E-state index contributed by atoms with van der Waals surface area (Å²) in [7, 11) is 0. The number of aromatic nitrogens is 2. The van der Waals surface area contributed by atoms with E-state index in [0.29, 0.717) is 5.56 Å². The number of hydrogen-bond acceptors (Lipinski definition) is 3. The number of para-hydroxylation sites is 2. The number of benzene rings is 2. The van der Waals surface area contributed by atoms with E-state index in [2.05, 4.69) is 15.3 Å². The summed E-state index contributed by atoms with van der Waals surface area (Å²) < 4.78 is 15.2. The fourth-order valence-corrected chi connectivity index (χ4v) is 5.08. The average molecular weight is 485 g/mol. The second kappa shape index (κ2) is 10.7. The molecule has 184 valence electrons. The lowest BCUT2D eigenvalue weighted by Gasteiger charge is -2.33. The maximum absolute atomic E-state index is 15.2. The highest BCUT2D eigenvalue weighted by molar-refractivity contribution is 6.03. The number of anilines is 1. The number of rotatable bonds is 7. The number of halogens is 1. The summed E-state index contributed by atoms with van der Waals surface area (Å²) in [4.78, 5) is 36.3. The number of pyridine rings is 1. The molecule has 2 aromatic carbocycles. The Bertz CT molecular complexity index is 1350. The molecule has 6 nitrogen and oxygen atoms in total. The van der Waals surface area contributed by atoms with Crippen LogP contribution in [0.1, 0.15) is 49.3 Å². The minimum Gasteiger partial charge on any atom is -0.361 e. The van der Waals surface area contributed by atoms with Crippen molar-refractivity contribution in [3.05, 3.63) is 96.2 Å². The van der Waals surface area contributed by atoms with Gasteiger partial charge in [-0.3, -0.25) is 19.5 Å². The largest absolute Gasteiger partial charge is 0.361 e. The Morgan fingerprint density at radius 3 is 2.50 bits per heavy atom. The Morgan fingerprint density at radius 2 is 1.72 bits per heavy atom. The van der Waals surface area contributed by atoms with Gasteiger partial charge >= 0.3 is 0 Å². The molecule has 4 aromatic rings. The molecule has 0 saturated heterocycles. The predicted octanol–water partition coefficient (Wildman–Crippen LogP) is 5.47. The first kappa shape index (κ1) is 23.7. The van der Waals surface area contributed by atoms with Gasteiger partial charge in [-0.25, -0.2) is 4.39 Å². The Hall–Kier alpha value is -4.00. The fraction of sp³-hybridized carbons (Fsp3) is 0.276. The van der Waals surface area contributed by atoms with Crippen molar-refractivity contribution in [2.75, 3.05) is 4.90 Å². The van der Waals surface area contributed by atoms with Crippen molar-refractivity contribution in [2.24, 2.45) is 0 Å². The van der Waals surface area contributed by atoms with Gasteiger partial charge in [-0.05, 0) is 54.3 Å². The summed E-state index contributed by atoms with van der Waals surface area (Å²) in [6, 6.07) is 16.2. The van der Waals surface area contributed by atoms with Crippen LogP contribution in [-0.4, -0.2) is 27.8 Å². The minimum atomic E-state index is -1.04. The summed E-state index contributed by atoms with van der Waals surface area (Å²) in [6.45, 7) is 0. The van der Waals surface area contributed by atoms with Crippen molar-refractivity contribution in [3.8, 4) is 0 Å². The molecule has 0 aliphatic heterocycles. The van der Waals surface area contributed by atoms with E-state index in [-0.39, 0.29) is 30.0 Å². The molecule has 1 fully saturated rings. The molecule has 2 N–H and O–H groups in total. The van der Waals surface area contributed by atoms with Gasteiger partial charge in [-0.2, -0.15) is 0 Å². The zero-order chi connectivity index (χ0) is 24.9. The van der Waals surface area contributed by atoms with E-state index >= 15 is 4.39 Å². The normalized spacial score (nSPS) is 14.9. The molecule has 1 aliphatic carbocycles. The van der Waals surface area contributed by atoms with Gasteiger partial charge in [0.2, 0.25) is 11.8 Å². The highest BCUT2D eigenvalue weighted by Crippen LogP contribution is 2.32. The first-order valence-corrected chi connectivity index (χ1v) is 12.4. The van der Waals surface area contributed by atoms with Crippen LogP contribution in [0.3, 0.4) is 0 Å². The van der Waals surface area contributed by atoms with Crippen LogP contribution in [0.4, 0.5) is 10.1 Å². The Morgan fingerprint density at radius 1 is 1.00 bits per heavy atom. The molecule has 5 rings (SSSR count). The van der Waals surface area contributed by atoms with E-state index < -0.39 is 11.9 Å². The monoisotopic (exact) mass is 484 g/mol. The topological polar surface area (TPSA) is 78.1 Å². The number of fused-ring (bicyclic) bond motifs is 1. The van der Waals surface area contributed by atoms with Crippen LogP contribution in [0.15, 0.2) is 79.3 Å². The third kappa shape index (κ3) is 5.00. The first-order valence-electron chi connectivity index (χ1n) is 12.4. The van der Waals surface area contributed by atoms with Crippen LogP contribution in [0.25, 0.3) is 10.9 Å². The lowest BCUT2D eigenvalue weighted by molar-refractivity contribution is -0.127. The summed E-state index contributed by atoms with van der Waals surface area (Å²) in [5, 5.41) is 4.07. The molecular formula is C29H29FN4O2. The zero-order valence-electron chi connectivity index (χ0n) is 20.0. The molecule has 2 amide bonds. The number of amides is 2. The SMILES string of the molecule is O=C(NC1CCCCC1)[C@H](c1ccncc1)N(C(=O)Cc1c[nH]c2ccccc12)c1ccccc1F. The van der Waals surface area contributed by atoms with Crippen LogP contribution >= 0.6 is 0 Å². The minimum absolute atomic E-state index is 0.0106. The van der Waals surface area contributed by atoms with Gasteiger partial charge in [-0.1, -0.05) is 49.6 Å². The van der Waals surface area contributed by atoms with E-state index in [1.807, 2.05) is 24.3 Å². The number of aromatic amines is 1. The van der Waals surface area contributed by atoms with Crippen LogP contribution in [0.2, 0.25) is 0 Å². The van der Waals surface area contributed by atoms with E-state index in [1.54, 1.807) is 48.9 Å². The van der Waals surface area contributed by atoms with E-state index in [0.717, 1.165) is 48.6 Å². The Labute approximate surface area is 209 Å². The van der Waals surface area contributed by atoms with Crippen molar-refractivity contribution in [3.63, 3.8) is 0 Å².